The van der Waals surface area contributed by atoms with Gasteiger partial charge in [0.15, 0.2) is 23.0 Å². The van der Waals surface area contributed by atoms with E-state index in [0.29, 0.717) is 48.4 Å². The summed E-state index contributed by atoms with van der Waals surface area (Å²) in [5, 5.41) is 23.4. The van der Waals surface area contributed by atoms with Crippen LogP contribution < -0.4 is 25.6 Å². The Morgan fingerprint density at radius 3 is 2.91 bits per heavy atom. The molecule has 0 radical (unpaired) electrons. The quantitative estimate of drug-likeness (QED) is 0.431. The van der Waals surface area contributed by atoms with Gasteiger partial charge in [-0.15, -0.1) is 5.10 Å². The van der Waals surface area contributed by atoms with Crippen LogP contribution in [-0.4, -0.2) is 64.4 Å². The van der Waals surface area contributed by atoms with E-state index in [4.69, 9.17) is 16.3 Å². The smallest absolute Gasteiger partial charge is 0.320 e. The predicted molar refractivity (Wildman–Crippen MR) is 123 cm³/mol. The maximum atomic E-state index is 12.7. The lowest BCUT2D eigenvalue weighted by atomic mass is 10.1. The molecule has 174 valence electrons. The SMILES string of the molecule is CCNC(=O)Nc1cn2nc(N3CC[C@H](NC(=O)c4cc(Cl)cc(OC)c4O)C3)ccc2n1. The number of phenols is 1. The lowest BCUT2D eigenvalue weighted by molar-refractivity contribution is 0.0937. The number of fused-ring (bicyclic) bond motifs is 1. The fraction of sp³-hybridized carbons (Fsp3) is 0.333. The Labute approximate surface area is 194 Å². The van der Waals surface area contributed by atoms with Crippen molar-refractivity contribution in [3.05, 3.63) is 41.0 Å². The Morgan fingerprint density at radius 1 is 1.33 bits per heavy atom. The van der Waals surface area contributed by atoms with Crippen molar-refractivity contribution in [3.8, 4) is 11.5 Å². The van der Waals surface area contributed by atoms with Crippen molar-refractivity contribution in [3.63, 3.8) is 0 Å². The van der Waals surface area contributed by atoms with Crippen molar-refractivity contribution in [2.45, 2.75) is 19.4 Å². The highest BCUT2D eigenvalue weighted by Gasteiger charge is 2.27. The van der Waals surface area contributed by atoms with E-state index in [1.165, 1.54) is 19.2 Å². The van der Waals surface area contributed by atoms with E-state index in [1.807, 2.05) is 24.0 Å². The van der Waals surface area contributed by atoms with E-state index >= 15 is 0 Å². The van der Waals surface area contributed by atoms with Crippen molar-refractivity contribution < 1.29 is 19.4 Å². The monoisotopic (exact) mass is 473 g/mol. The molecule has 0 bridgehead atoms. The molecule has 1 aromatic carbocycles. The van der Waals surface area contributed by atoms with Crippen LogP contribution in [0, 0.1) is 0 Å². The van der Waals surface area contributed by atoms with Crippen molar-refractivity contribution >= 4 is 40.8 Å². The minimum absolute atomic E-state index is 0.0582. The van der Waals surface area contributed by atoms with Gasteiger partial charge >= 0.3 is 6.03 Å². The van der Waals surface area contributed by atoms with Crippen LogP contribution in [0.2, 0.25) is 5.02 Å². The Balaban J connectivity index is 1.43. The number of rotatable bonds is 6. The summed E-state index contributed by atoms with van der Waals surface area (Å²) in [6, 6.07) is 6.03. The van der Waals surface area contributed by atoms with Gasteiger partial charge in [-0.05, 0) is 31.5 Å². The van der Waals surface area contributed by atoms with Crippen LogP contribution >= 0.6 is 11.6 Å². The molecule has 12 heteroatoms. The number of methoxy groups -OCH3 is 1. The fourth-order valence-electron chi connectivity index (χ4n) is 3.67. The van der Waals surface area contributed by atoms with Crippen LogP contribution in [0.15, 0.2) is 30.5 Å². The molecule has 0 saturated carbocycles. The minimum atomic E-state index is -0.431. The highest BCUT2D eigenvalue weighted by Crippen LogP contribution is 2.33. The first-order valence-electron chi connectivity index (χ1n) is 10.4. The number of carbonyl (C=O) groups is 2. The number of benzene rings is 1. The zero-order valence-electron chi connectivity index (χ0n) is 18.1. The molecule has 1 saturated heterocycles. The first-order valence-corrected chi connectivity index (χ1v) is 10.8. The Bertz CT molecular complexity index is 1200. The number of anilines is 2. The molecule has 2 aromatic heterocycles. The van der Waals surface area contributed by atoms with Gasteiger partial charge in [0.25, 0.3) is 5.91 Å². The van der Waals surface area contributed by atoms with E-state index in [1.54, 1.807) is 10.7 Å². The van der Waals surface area contributed by atoms with Crippen molar-refractivity contribution in [1.29, 1.82) is 0 Å². The highest BCUT2D eigenvalue weighted by molar-refractivity contribution is 6.31. The number of nitrogens with one attached hydrogen (secondary N) is 3. The molecule has 3 heterocycles. The number of hydrogen-bond donors (Lipinski definition) is 4. The second kappa shape index (κ2) is 9.41. The summed E-state index contributed by atoms with van der Waals surface area (Å²) in [4.78, 5) is 30.8. The summed E-state index contributed by atoms with van der Waals surface area (Å²) in [6.07, 6.45) is 2.34. The standard InChI is InChI=1S/C21H24ClN7O4/c1-3-23-21(32)26-16-11-29-17(25-16)4-5-18(27-29)28-7-6-13(10-28)24-20(31)14-8-12(22)9-15(33-2)19(14)30/h4-5,8-9,11,13,30H,3,6-7,10H2,1-2H3,(H,24,31)(H2,23,26,32)/t13-/m0/s1. The largest absolute Gasteiger partial charge is 0.504 e. The third-order valence-corrected chi connectivity index (χ3v) is 5.45. The van der Waals surface area contributed by atoms with Crippen molar-refractivity contribution in [2.24, 2.45) is 0 Å². The normalized spacial score (nSPS) is 15.5. The Morgan fingerprint density at radius 2 is 2.15 bits per heavy atom. The molecule has 3 aromatic rings. The molecular weight excluding hydrogens is 450 g/mol. The van der Waals surface area contributed by atoms with Gasteiger partial charge in [0, 0.05) is 36.8 Å². The minimum Gasteiger partial charge on any atom is -0.504 e. The first-order chi connectivity index (χ1) is 15.9. The summed E-state index contributed by atoms with van der Waals surface area (Å²) in [5.74, 6) is 0.569. The lowest BCUT2D eigenvalue weighted by Gasteiger charge is -2.18. The molecule has 11 nitrogen and oxygen atoms in total. The molecular formula is C21H24ClN7O4. The molecule has 3 amide bonds. The Kier molecular flexibility index (Phi) is 6.40. The molecule has 1 aliphatic rings. The average molecular weight is 474 g/mol. The summed E-state index contributed by atoms with van der Waals surface area (Å²) in [7, 11) is 1.39. The number of hydrogen-bond acceptors (Lipinski definition) is 7. The third-order valence-electron chi connectivity index (χ3n) is 5.24. The summed E-state index contributed by atoms with van der Waals surface area (Å²) >= 11 is 6.04. The fourth-order valence-corrected chi connectivity index (χ4v) is 3.88. The van der Waals surface area contributed by atoms with Crippen LogP contribution in [0.4, 0.5) is 16.4 Å². The van der Waals surface area contributed by atoms with Crippen LogP contribution in [0.5, 0.6) is 11.5 Å². The van der Waals surface area contributed by atoms with E-state index in [-0.39, 0.29) is 29.1 Å². The number of amides is 3. The van der Waals surface area contributed by atoms with Gasteiger partial charge in [-0.2, -0.15) is 0 Å². The van der Waals surface area contributed by atoms with Crippen LogP contribution in [0.25, 0.3) is 5.65 Å². The number of aromatic nitrogens is 3. The number of carbonyl (C=O) groups excluding carboxylic acids is 2. The van der Waals surface area contributed by atoms with E-state index < -0.39 is 5.91 Å². The van der Waals surface area contributed by atoms with E-state index in [2.05, 4.69) is 26.0 Å². The topological polar surface area (TPSA) is 133 Å². The maximum Gasteiger partial charge on any atom is 0.320 e. The summed E-state index contributed by atoms with van der Waals surface area (Å²) < 4.78 is 6.66. The van der Waals surface area contributed by atoms with Crippen molar-refractivity contribution in [1.82, 2.24) is 25.2 Å². The molecule has 1 aliphatic heterocycles. The van der Waals surface area contributed by atoms with Crippen LogP contribution in [0.1, 0.15) is 23.7 Å². The summed E-state index contributed by atoms with van der Waals surface area (Å²) in [6.45, 7) is 3.57. The van der Waals surface area contributed by atoms with Gasteiger partial charge < -0.3 is 25.4 Å². The molecule has 0 unspecified atom stereocenters. The maximum absolute atomic E-state index is 12.7. The Hall–Kier alpha value is -3.73. The molecule has 0 aliphatic carbocycles. The number of aromatic hydroxyl groups is 1. The van der Waals surface area contributed by atoms with E-state index in [0.717, 1.165) is 0 Å². The van der Waals surface area contributed by atoms with Gasteiger partial charge in [-0.1, -0.05) is 11.6 Å². The average Bonchev–Trinajstić information content (AvgIpc) is 3.40. The van der Waals surface area contributed by atoms with E-state index in [9.17, 15) is 14.7 Å². The molecule has 4 N–H and O–H groups in total. The van der Waals surface area contributed by atoms with Gasteiger partial charge in [0.2, 0.25) is 0 Å². The number of phenolic OH excluding ortho intramolecular Hbond substituents is 1. The van der Waals surface area contributed by atoms with Gasteiger partial charge in [0.1, 0.15) is 5.82 Å². The summed E-state index contributed by atoms with van der Waals surface area (Å²) in [5.41, 5.74) is 0.655. The number of urea groups is 1. The zero-order chi connectivity index (χ0) is 23.5. The number of ether oxygens (including phenoxy) is 1. The predicted octanol–water partition coefficient (Wildman–Crippen LogP) is 2.25. The lowest BCUT2D eigenvalue weighted by Crippen LogP contribution is -2.37. The zero-order valence-corrected chi connectivity index (χ0v) is 18.9. The van der Waals surface area contributed by atoms with Crippen LogP contribution in [-0.2, 0) is 0 Å². The van der Waals surface area contributed by atoms with Crippen LogP contribution in [0.3, 0.4) is 0 Å². The molecule has 1 fully saturated rings. The van der Waals surface area contributed by atoms with Gasteiger partial charge in [-0.25, -0.2) is 14.3 Å². The second-order valence-corrected chi connectivity index (χ2v) is 7.95. The van der Waals surface area contributed by atoms with Gasteiger partial charge in [-0.3, -0.25) is 10.1 Å². The third kappa shape index (κ3) is 4.87. The molecule has 0 spiro atoms. The second-order valence-electron chi connectivity index (χ2n) is 7.51. The number of nitrogens with zero attached hydrogens (tertiary/aromatic N) is 4. The molecule has 33 heavy (non-hydrogen) atoms. The van der Waals surface area contributed by atoms with Crippen molar-refractivity contribution in [2.75, 3.05) is 37.0 Å². The molecule has 1 atom stereocenters. The number of halogens is 1. The highest BCUT2D eigenvalue weighted by atomic mass is 35.5. The number of imidazole rings is 1. The molecule has 4 rings (SSSR count). The van der Waals surface area contributed by atoms with Gasteiger partial charge in [0.05, 0.1) is 18.9 Å². The first kappa shape index (κ1) is 22.5.